The Morgan fingerprint density at radius 3 is 2.31 bits per heavy atom. The Hall–Kier alpha value is -0.610. The smallest absolute Gasteiger partial charge is 0.323 e. The van der Waals surface area contributed by atoms with Gasteiger partial charge in [-0.2, -0.15) is 0 Å². The van der Waals surface area contributed by atoms with Crippen LogP contribution in [0.25, 0.3) is 0 Å². The lowest BCUT2D eigenvalue weighted by molar-refractivity contribution is -0.141. The molecule has 0 aliphatic heterocycles. The van der Waals surface area contributed by atoms with Crippen LogP contribution in [-0.2, 0) is 9.53 Å². The fourth-order valence-electron chi connectivity index (χ4n) is 1.17. The molecule has 1 atom stereocenters. The maximum atomic E-state index is 10.9. The summed E-state index contributed by atoms with van der Waals surface area (Å²) in [6, 6.07) is -0.465. The maximum Gasteiger partial charge on any atom is 0.323 e. The second-order valence-corrected chi connectivity index (χ2v) is 5.60. The third kappa shape index (κ3) is 8.68. The largest absolute Gasteiger partial charge is 0.480 e. The van der Waals surface area contributed by atoms with Crippen molar-refractivity contribution in [1.29, 1.82) is 0 Å². The topological polar surface area (TPSA) is 58.6 Å². The molecule has 0 aromatic rings. The van der Waals surface area contributed by atoms with Crippen LogP contribution in [0.1, 0.15) is 41.0 Å². The fraction of sp³-hybridized carbons (Fsp3) is 0.917. The van der Waals surface area contributed by atoms with Crippen molar-refractivity contribution in [3.05, 3.63) is 0 Å². The number of hydrogen-bond donors (Lipinski definition) is 2. The summed E-state index contributed by atoms with van der Waals surface area (Å²) >= 11 is 0. The van der Waals surface area contributed by atoms with Gasteiger partial charge in [-0.15, -0.1) is 0 Å². The second kappa shape index (κ2) is 6.86. The molecule has 0 spiro atoms. The number of aliphatic carboxylic acids is 1. The lowest BCUT2D eigenvalue weighted by Gasteiger charge is -2.20. The van der Waals surface area contributed by atoms with E-state index in [0.29, 0.717) is 6.61 Å². The molecule has 16 heavy (non-hydrogen) atoms. The van der Waals surface area contributed by atoms with E-state index in [1.165, 1.54) is 0 Å². The summed E-state index contributed by atoms with van der Waals surface area (Å²) in [7, 11) is 0. The normalized spacial score (nSPS) is 14.1. The Balaban J connectivity index is 3.82. The summed E-state index contributed by atoms with van der Waals surface area (Å²) in [5.41, 5.74) is 0.226. The van der Waals surface area contributed by atoms with Gasteiger partial charge in [0, 0.05) is 12.6 Å². The average Bonchev–Trinajstić information content (AvgIpc) is 2.07. The van der Waals surface area contributed by atoms with Crippen molar-refractivity contribution >= 4 is 5.97 Å². The third-order valence-electron chi connectivity index (χ3n) is 2.11. The van der Waals surface area contributed by atoms with E-state index < -0.39 is 12.0 Å². The van der Waals surface area contributed by atoms with Gasteiger partial charge in [0.05, 0.1) is 6.61 Å². The molecule has 4 heteroatoms. The highest BCUT2D eigenvalue weighted by Gasteiger charge is 2.18. The van der Waals surface area contributed by atoms with Crippen LogP contribution in [0.2, 0.25) is 0 Å². The Labute approximate surface area is 98.4 Å². The Bertz CT molecular complexity index is 209. The molecule has 1 unspecified atom stereocenters. The molecule has 0 saturated heterocycles. The average molecular weight is 231 g/mol. The van der Waals surface area contributed by atoms with Gasteiger partial charge in [0.2, 0.25) is 0 Å². The minimum absolute atomic E-state index is 0.146. The van der Waals surface area contributed by atoms with Crippen molar-refractivity contribution in [2.24, 2.45) is 5.41 Å². The monoisotopic (exact) mass is 231 g/mol. The van der Waals surface area contributed by atoms with E-state index >= 15 is 0 Å². The zero-order valence-corrected chi connectivity index (χ0v) is 11.0. The molecule has 0 bridgehead atoms. The molecule has 0 saturated carbocycles. The van der Waals surface area contributed by atoms with Gasteiger partial charge in [-0.25, -0.2) is 0 Å². The lowest BCUT2D eigenvalue weighted by Crippen LogP contribution is -2.44. The second-order valence-electron chi connectivity index (χ2n) is 5.60. The fourth-order valence-corrected chi connectivity index (χ4v) is 1.17. The summed E-state index contributed by atoms with van der Waals surface area (Å²) in [5.74, 6) is -0.857. The quantitative estimate of drug-likeness (QED) is 0.657. The Morgan fingerprint density at radius 2 is 1.94 bits per heavy atom. The summed E-state index contributed by atoms with van der Waals surface area (Å²) in [5, 5.41) is 11.9. The van der Waals surface area contributed by atoms with Crippen LogP contribution >= 0.6 is 0 Å². The lowest BCUT2D eigenvalue weighted by atomic mass is 9.93. The molecule has 0 rings (SSSR count). The van der Waals surface area contributed by atoms with Crippen molar-refractivity contribution in [3.63, 3.8) is 0 Å². The minimum Gasteiger partial charge on any atom is -0.480 e. The number of ether oxygens (including phenoxy) is 1. The maximum absolute atomic E-state index is 10.9. The highest BCUT2D eigenvalue weighted by Crippen LogP contribution is 2.17. The van der Waals surface area contributed by atoms with Crippen LogP contribution in [-0.4, -0.2) is 36.4 Å². The highest BCUT2D eigenvalue weighted by molar-refractivity contribution is 5.73. The number of carboxylic acid groups (broad SMARTS) is 1. The molecule has 0 amide bonds. The first-order valence-electron chi connectivity index (χ1n) is 5.79. The van der Waals surface area contributed by atoms with Crippen LogP contribution < -0.4 is 5.32 Å². The van der Waals surface area contributed by atoms with Crippen LogP contribution in [0.4, 0.5) is 0 Å². The van der Waals surface area contributed by atoms with E-state index in [1.807, 2.05) is 13.8 Å². The first-order valence-corrected chi connectivity index (χ1v) is 5.79. The Morgan fingerprint density at radius 1 is 1.38 bits per heavy atom. The SMILES string of the molecule is CC(C)NC(COCCC(C)(C)C)C(=O)O. The van der Waals surface area contributed by atoms with Gasteiger partial charge in [-0.3, -0.25) is 4.79 Å². The van der Waals surface area contributed by atoms with E-state index in [9.17, 15) is 4.79 Å². The van der Waals surface area contributed by atoms with Crippen LogP contribution in [0, 0.1) is 5.41 Å². The van der Waals surface area contributed by atoms with Crippen molar-refractivity contribution in [1.82, 2.24) is 5.32 Å². The van der Waals surface area contributed by atoms with Gasteiger partial charge >= 0.3 is 5.97 Å². The number of carboxylic acids is 1. The zero-order chi connectivity index (χ0) is 12.8. The van der Waals surface area contributed by atoms with Gasteiger partial charge in [0.15, 0.2) is 0 Å². The van der Waals surface area contributed by atoms with E-state index in [1.54, 1.807) is 0 Å². The summed E-state index contributed by atoms with van der Waals surface area (Å²) in [6.07, 6.45) is 0.932. The van der Waals surface area contributed by atoms with Crippen molar-refractivity contribution in [2.75, 3.05) is 13.2 Å². The van der Waals surface area contributed by atoms with Crippen LogP contribution in [0.5, 0.6) is 0 Å². The molecule has 2 N–H and O–H groups in total. The van der Waals surface area contributed by atoms with Gasteiger partial charge in [-0.1, -0.05) is 34.6 Å². The van der Waals surface area contributed by atoms with E-state index in [4.69, 9.17) is 9.84 Å². The zero-order valence-electron chi connectivity index (χ0n) is 11.0. The first-order chi connectivity index (χ1) is 7.22. The number of nitrogens with one attached hydrogen (secondary N) is 1. The molecule has 0 aromatic carbocycles. The number of carbonyl (C=O) groups is 1. The van der Waals surface area contributed by atoms with Crippen molar-refractivity contribution < 1.29 is 14.6 Å². The summed E-state index contributed by atoms with van der Waals surface area (Å²) in [4.78, 5) is 10.9. The summed E-state index contributed by atoms with van der Waals surface area (Å²) in [6.45, 7) is 11.1. The van der Waals surface area contributed by atoms with E-state index in [2.05, 4.69) is 26.1 Å². The minimum atomic E-state index is -0.857. The summed E-state index contributed by atoms with van der Waals surface area (Å²) < 4.78 is 5.39. The third-order valence-corrected chi connectivity index (χ3v) is 2.11. The van der Waals surface area contributed by atoms with Crippen LogP contribution in [0.3, 0.4) is 0 Å². The molecule has 0 radical (unpaired) electrons. The van der Waals surface area contributed by atoms with Gasteiger partial charge in [-0.05, 0) is 11.8 Å². The van der Waals surface area contributed by atoms with Gasteiger partial charge in [0.25, 0.3) is 0 Å². The predicted octanol–water partition coefficient (Wildman–Crippen LogP) is 1.89. The molecule has 0 aromatic heterocycles. The molecule has 0 aliphatic carbocycles. The molecule has 0 heterocycles. The van der Waals surface area contributed by atoms with Crippen molar-refractivity contribution in [2.45, 2.75) is 53.1 Å². The first kappa shape index (κ1) is 15.4. The molecular formula is C12H25NO3. The van der Waals surface area contributed by atoms with Crippen LogP contribution in [0.15, 0.2) is 0 Å². The van der Waals surface area contributed by atoms with E-state index in [-0.39, 0.29) is 18.1 Å². The Kier molecular flexibility index (Phi) is 6.60. The number of hydrogen-bond acceptors (Lipinski definition) is 3. The molecule has 4 nitrogen and oxygen atoms in total. The molecule has 96 valence electrons. The standard InChI is InChI=1S/C12H25NO3/c1-9(2)13-10(11(14)15)8-16-7-6-12(3,4)5/h9-10,13H,6-8H2,1-5H3,(H,14,15). The van der Waals surface area contributed by atoms with Gasteiger partial charge < -0.3 is 15.2 Å². The van der Waals surface area contributed by atoms with Gasteiger partial charge in [0.1, 0.15) is 6.04 Å². The van der Waals surface area contributed by atoms with E-state index in [0.717, 1.165) is 6.42 Å². The molecule has 0 fully saturated rings. The highest BCUT2D eigenvalue weighted by atomic mass is 16.5. The molecular weight excluding hydrogens is 206 g/mol. The number of rotatable bonds is 7. The van der Waals surface area contributed by atoms with Crippen molar-refractivity contribution in [3.8, 4) is 0 Å². The molecule has 0 aliphatic rings. The predicted molar refractivity (Wildman–Crippen MR) is 64.6 cm³/mol.